The standard InChI is InChI=1S/C20H22BrN3O3S2/c1-12(2)24(13(3)4)29(26,27)16-8-9-17-18(11-16)28-20(22-17)23-19(25)14-6-5-7-15(21)10-14/h5-13H,1-4H3,(H,22,23,25). The van der Waals surface area contributed by atoms with Crippen LogP contribution in [0.5, 0.6) is 0 Å². The Morgan fingerprint density at radius 2 is 1.79 bits per heavy atom. The minimum atomic E-state index is -3.63. The number of carbonyl (C=O) groups excluding carboxylic acids is 1. The zero-order valence-electron chi connectivity index (χ0n) is 16.5. The van der Waals surface area contributed by atoms with Gasteiger partial charge in [0.15, 0.2) is 5.13 Å². The van der Waals surface area contributed by atoms with Crippen LogP contribution in [0.25, 0.3) is 10.2 Å². The molecular weight excluding hydrogens is 474 g/mol. The number of carbonyl (C=O) groups is 1. The molecule has 3 rings (SSSR count). The number of sulfonamides is 1. The molecule has 0 saturated carbocycles. The zero-order valence-corrected chi connectivity index (χ0v) is 19.7. The second-order valence-electron chi connectivity index (χ2n) is 7.14. The summed E-state index contributed by atoms with van der Waals surface area (Å²) in [7, 11) is -3.63. The number of thiazole rings is 1. The van der Waals surface area contributed by atoms with Crippen LogP contribution in [0.15, 0.2) is 51.8 Å². The third-order valence-electron chi connectivity index (χ3n) is 4.26. The normalized spacial score (nSPS) is 12.3. The van der Waals surface area contributed by atoms with Crippen LogP contribution in [0.3, 0.4) is 0 Å². The van der Waals surface area contributed by atoms with Crippen molar-refractivity contribution in [3.05, 3.63) is 52.5 Å². The predicted octanol–water partition coefficient (Wildman–Crippen LogP) is 5.12. The first-order valence-electron chi connectivity index (χ1n) is 9.10. The molecule has 1 amide bonds. The molecule has 0 aliphatic carbocycles. The van der Waals surface area contributed by atoms with E-state index in [4.69, 9.17) is 0 Å². The highest BCUT2D eigenvalue weighted by Gasteiger charge is 2.29. The first kappa shape index (κ1) is 21.9. The topological polar surface area (TPSA) is 79.4 Å². The Morgan fingerprint density at radius 1 is 1.10 bits per heavy atom. The van der Waals surface area contributed by atoms with Crippen LogP contribution in [-0.2, 0) is 10.0 Å². The van der Waals surface area contributed by atoms with Gasteiger partial charge in [-0.25, -0.2) is 13.4 Å². The van der Waals surface area contributed by atoms with E-state index >= 15 is 0 Å². The van der Waals surface area contributed by atoms with Crippen molar-refractivity contribution in [2.24, 2.45) is 0 Å². The fourth-order valence-electron chi connectivity index (χ4n) is 3.19. The smallest absolute Gasteiger partial charge is 0.257 e. The Bertz CT molecular complexity index is 1150. The molecule has 0 unspecified atom stereocenters. The number of anilines is 1. The van der Waals surface area contributed by atoms with Gasteiger partial charge in [0, 0.05) is 22.1 Å². The summed E-state index contributed by atoms with van der Waals surface area (Å²) in [5.74, 6) is -0.274. The van der Waals surface area contributed by atoms with E-state index in [1.807, 2.05) is 33.8 Å². The van der Waals surface area contributed by atoms with Gasteiger partial charge in [-0.15, -0.1) is 0 Å². The summed E-state index contributed by atoms with van der Waals surface area (Å²) < 4.78 is 29.2. The highest BCUT2D eigenvalue weighted by Crippen LogP contribution is 2.30. The molecule has 9 heteroatoms. The van der Waals surface area contributed by atoms with Crippen molar-refractivity contribution in [3.63, 3.8) is 0 Å². The Balaban J connectivity index is 1.91. The van der Waals surface area contributed by atoms with E-state index in [-0.39, 0.29) is 22.9 Å². The number of amides is 1. The monoisotopic (exact) mass is 495 g/mol. The van der Waals surface area contributed by atoms with E-state index in [9.17, 15) is 13.2 Å². The molecule has 0 fully saturated rings. The Labute approximate surface area is 183 Å². The number of benzene rings is 2. The van der Waals surface area contributed by atoms with Crippen LogP contribution >= 0.6 is 27.3 Å². The number of fused-ring (bicyclic) bond motifs is 1. The van der Waals surface area contributed by atoms with Crippen LogP contribution in [0.2, 0.25) is 0 Å². The summed E-state index contributed by atoms with van der Waals surface area (Å²) in [5, 5.41) is 3.20. The lowest BCUT2D eigenvalue weighted by molar-refractivity contribution is 0.102. The van der Waals surface area contributed by atoms with E-state index in [0.717, 1.165) is 4.47 Å². The predicted molar refractivity (Wildman–Crippen MR) is 121 cm³/mol. The van der Waals surface area contributed by atoms with Crippen molar-refractivity contribution in [3.8, 4) is 0 Å². The second kappa shape index (κ2) is 8.51. The van der Waals surface area contributed by atoms with Crippen LogP contribution in [0.4, 0.5) is 5.13 Å². The molecule has 1 aromatic heterocycles. The number of halogens is 1. The largest absolute Gasteiger partial charge is 0.298 e. The maximum absolute atomic E-state index is 13.1. The van der Waals surface area contributed by atoms with Gasteiger partial charge in [-0.3, -0.25) is 10.1 Å². The summed E-state index contributed by atoms with van der Waals surface area (Å²) in [4.78, 5) is 17.1. The van der Waals surface area contributed by atoms with Crippen molar-refractivity contribution in [1.82, 2.24) is 9.29 Å². The third-order valence-corrected chi connectivity index (χ3v) is 7.94. The van der Waals surface area contributed by atoms with Crippen molar-refractivity contribution >= 4 is 58.5 Å². The number of hydrogen-bond donors (Lipinski definition) is 1. The lowest BCUT2D eigenvalue weighted by atomic mass is 10.2. The SMILES string of the molecule is CC(C)N(C(C)C)S(=O)(=O)c1ccc2nc(NC(=O)c3cccc(Br)c3)sc2c1. The molecule has 0 aliphatic heterocycles. The van der Waals surface area contributed by atoms with Crippen LogP contribution < -0.4 is 5.32 Å². The first-order chi connectivity index (χ1) is 13.6. The number of hydrogen-bond acceptors (Lipinski definition) is 5. The molecule has 3 aromatic rings. The van der Waals surface area contributed by atoms with Gasteiger partial charge < -0.3 is 0 Å². The van der Waals surface area contributed by atoms with E-state index in [2.05, 4.69) is 26.2 Å². The second-order valence-corrected chi connectivity index (χ2v) is 10.9. The molecule has 0 spiro atoms. The number of aromatic nitrogens is 1. The van der Waals surface area contributed by atoms with E-state index < -0.39 is 10.0 Å². The number of nitrogens with one attached hydrogen (secondary N) is 1. The van der Waals surface area contributed by atoms with E-state index in [1.165, 1.54) is 15.6 Å². The quantitative estimate of drug-likeness (QED) is 0.514. The van der Waals surface area contributed by atoms with Crippen molar-refractivity contribution in [2.45, 2.75) is 44.7 Å². The molecule has 0 radical (unpaired) electrons. The van der Waals surface area contributed by atoms with Gasteiger partial charge in [0.05, 0.1) is 15.1 Å². The van der Waals surface area contributed by atoms with Gasteiger partial charge in [-0.05, 0) is 64.1 Å². The zero-order chi connectivity index (χ0) is 21.3. The fourth-order valence-corrected chi connectivity index (χ4v) is 6.43. The van der Waals surface area contributed by atoms with E-state index in [0.29, 0.717) is 20.9 Å². The molecule has 6 nitrogen and oxygen atoms in total. The lowest BCUT2D eigenvalue weighted by Crippen LogP contribution is -2.41. The van der Waals surface area contributed by atoms with Gasteiger partial charge >= 0.3 is 0 Å². The minimum absolute atomic E-state index is 0.155. The minimum Gasteiger partial charge on any atom is -0.298 e. The van der Waals surface area contributed by atoms with Crippen molar-refractivity contribution in [1.29, 1.82) is 0 Å². The van der Waals surface area contributed by atoms with Crippen LogP contribution in [0.1, 0.15) is 38.1 Å². The molecule has 0 aliphatic rings. The highest BCUT2D eigenvalue weighted by molar-refractivity contribution is 9.10. The first-order valence-corrected chi connectivity index (χ1v) is 12.2. The third kappa shape index (κ3) is 4.69. The maximum Gasteiger partial charge on any atom is 0.257 e. The summed E-state index contributed by atoms with van der Waals surface area (Å²) >= 11 is 4.59. The highest BCUT2D eigenvalue weighted by atomic mass is 79.9. The maximum atomic E-state index is 13.1. The molecular formula is C20H22BrN3O3S2. The van der Waals surface area contributed by atoms with Gasteiger partial charge in [0.25, 0.3) is 5.91 Å². The molecule has 1 N–H and O–H groups in total. The van der Waals surface area contributed by atoms with Crippen LogP contribution in [-0.4, -0.2) is 35.7 Å². The van der Waals surface area contributed by atoms with E-state index in [1.54, 1.807) is 36.4 Å². The van der Waals surface area contributed by atoms with Gasteiger partial charge in [0.2, 0.25) is 10.0 Å². The average Bonchev–Trinajstić information content (AvgIpc) is 3.02. The Morgan fingerprint density at radius 3 is 2.41 bits per heavy atom. The summed E-state index contributed by atoms with van der Waals surface area (Å²) in [6.45, 7) is 7.44. The van der Waals surface area contributed by atoms with Crippen LogP contribution in [0, 0.1) is 0 Å². The molecule has 29 heavy (non-hydrogen) atoms. The number of rotatable bonds is 6. The summed E-state index contributed by atoms with van der Waals surface area (Å²) in [6.07, 6.45) is 0. The molecule has 2 aromatic carbocycles. The molecule has 0 bridgehead atoms. The van der Waals surface area contributed by atoms with Crippen molar-refractivity contribution < 1.29 is 13.2 Å². The molecule has 0 atom stereocenters. The van der Waals surface area contributed by atoms with Gasteiger partial charge in [-0.2, -0.15) is 4.31 Å². The van der Waals surface area contributed by atoms with Crippen molar-refractivity contribution in [2.75, 3.05) is 5.32 Å². The molecule has 0 saturated heterocycles. The van der Waals surface area contributed by atoms with Gasteiger partial charge in [-0.1, -0.05) is 33.3 Å². The van der Waals surface area contributed by atoms with Gasteiger partial charge in [0.1, 0.15) is 0 Å². The average molecular weight is 496 g/mol. The lowest BCUT2D eigenvalue weighted by Gasteiger charge is -2.29. The Hall–Kier alpha value is -1.81. The number of nitrogens with zero attached hydrogens (tertiary/aromatic N) is 2. The Kier molecular flexibility index (Phi) is 6.42. The molecule has 154 valence electrons. The molecule has 1 heterocycles. The summed E-state index contributed by atoms with van der Waals surface area (Å²) in [5.41, 5.74) is 1.14. The summed E-state index contributed by atoms with van der Waals surface area (Å²) in [6, 6.07) is 11.6. The fraction of sp³-hybridized carbons (Fsp3) is 0.300.